The van der Waals surface area contributed by atoms with Crippen molar-refractivity contribution in [2.24, 2.45) is 0 Å². The van der Waals surface area contributed by atoms with Crippen LogP contribution in [0, 0.1) is 0 Å². The van der Waals surface area contributed by atoms with E-state index in [9.17, 15) is 9.59 Å². The van der Waals surface area contributed by atoms with Crippen LogP contribution in [0.5, 0.6) is 5.75 Å². The van der Waals surface area contributed by atoms with Crippen molar-refractivity contribution in [3.63, 3.8) is 0 Å². The molecule has 7 heteroatoms. The third kappa shape index (κ3) is 4.50. The van der Waals surface area contributed by atoms with Crippen LogP contribution < -0.4 is 15.4 Å². The Balaban J connectivity index is 1.44. The third-order valence-corrected chi connectivity index (χ3v) is 4.59. The molecular formula is C22H17ClN2O4. The van der Waals surface area contributed by atoms with Gasteiger partial charge in [0, 0.05) is 23.6 Å². The fraction of sp³-hybridized carbons (Fsp3) is 0.0909. The highest BCUT2D eigenvalue weighted by Gasteiger charge is 2.23. The van der Waals surface area contributed by atoms with E-state index in [1.807, 2.05) is 6.07 Å². The van der Waals surface area contributed by atoms with Crippen LogP contribution in [-0.4, -0.2) is 18.4 Å². The van der Waals surface area contributed by atoms with Crippen LogP contribution in [0.2, 0.25) is 5.02 Å². The number of halogens is 1. The summed E-state index contributed by atoms with van der Waals surface area (Å²) >= 11 is 5.88. The van der Waals surface area contributed by atoms with Crippen LogP contribution >= 0.6 is 11.6 Å². The zero-order valence-electron chi connectivity index (χ0n) is 15.3. The Morgan fingerprint density at radius 3 is 2.72 bits per heavy atom. The van der Waals surface area contributed by atoms with Crippen LogP contribution in [-0.2, 0) is 11.2 Å². The van der Waals surface area contributed by atoms with Gasteiger partial charge in [-0.2, -0.15) is 0 Å². The number of benzene rings is 2. The fourth-order valence-electron chi connectivity index (χ4n) is 2.87. The lowest BCUT2D eigenvalue weighted by atomic mass is 10.1. The number of fused-ring (bicyclic) bond motifs is 1. The van der Waals surface area contributed by atoms with Crippen molar-refractivity contribution in [3.05, 3.63) is 88.5 Å². The number of rotatable bonds is 5. The summed E-state index contributed by atoms with van der Waals surface area (Å²) in [5.41, 5.74) is 1.66. The van der Waals surface area contributed by atoms with E-state index in [0.29, 0.717) is 35.0 Å². The second kappa shape index (κ2) is 8.24. The molecule has 2 amide bonds. The summed E-state index contributed by atoms with van der Waals surface area (Å²) in [6, 6.07) is 15.6. The monoisotopic (exact) mass is 408 g/mol. The summed E-state index contributed by atoms with van der Waals surface area (Å²) in [5.74, 6) is 0.808. The van der Waals surface area contributed by atoms with Gasteiger partial charge < -0.3 is 19.8 Å². The van der Waals surface area contributed by atoms with Gasteiger partial charge in [-0.3, -0.25) is 9.59 Å². The average molecular weight is 409 g/mol. The maximum Gasteiger partial charge on any atom is 0.291 e. The maximum atomic E-state index is 12.4. The van der Waals surface area contributed by atoms with Crippen molar-refractivity contribution in [1.29, 1.82) is 0 Å². The lowest BCUT2D eigenvalue weighted by Gasteiger charge is -2.20. The smallest absolute Gasteiger partial charge is 0.291 e. The molecule has 4 rings (SSSR count). The van der Waals surface area contributed by atoms with E-state index < -0.39 is 0 Å². The number of hydrogen-bond acceptors (Lipinski definition) is 4. The van der Waals surface area contributed by atoms with E-state index >= 15 is 0 Å². The van der Waals surface area contributed by atoms with Crippen molar-refractivity contribution >= 4 is 35.2 Å². The molecule has 0 spiro atoms. The molecule has 0 radical (unpaired) electrons. The minimum Gasteiger partial charge on any atom is -0.469 e. The van der Waals surface area contributed by atoms with E-state index in [4.69, 9.17) is 20.8 Å². The number of hydrogen-bond donors (Lipinski definition) is 2. The molecule has 6 nitrogen and oxygen atoms in total. The van der Waals surface area contributed by atoms with E-state index in [2.05, 4.69) is 10.6 Å². The van der Waals surface area contributed by atoms with Gasteiger partial charge in [0.2, 0.25) is 0 Å². The summed E-state index contributed by atoms with van der Waals surface area (Å²) in [7, 11) is 0. The van der Waals surface area contributed by atoms with Gasteiger partial charge in [0.25, 0.3) is 11.8 Å². The molecule has 1 aromatic heterocycles. The molecule has 0 fully saturated rings. The summed E-state index contributed by atoms with van der Waals surface area (Å²) in [4.78, 5) is 24.7. The van der Waals surface area contributed by atoms with Crippen LogP contribution in [0.15, 0.2) is 71.0 Å². The first-order valence-electron chi connectivity index (χ1n) is 8.99. The first-order valence-corrected chi connectivity index (χ1v) is 9.37. The summed E-state index contributed by atoms with van der Waals surface area (Å²) in [5, 5.41) is 6.20. The van der Waals surface area contributed by atoms with Gasteiger partial charge in [0.1, 0.15) is 5.76 Å². The number of nitrogens with one attached hydrogen (secondary N) is 2. The number of anilines is 1. The lowest BCUT2D eigenvalue weighted by molar-refractivity contribution is -0.115. The molecule has 0 unspecified atom stereocenters. The van der Waals surface area contributed by atoms with Crippen molar-refractivity contribution in [2.45, 2.75) is 6.42 Å². The van der Waals surface area contributed by atoms with Crippen molar-refractivity contribution in [1.82, 2.24) is 5.32 Å². The van der Waals surface area contributed by atoms with Crippen LogP contribution in [0.25, 0.3) is 6.08 Å². The van der Waals surface area contributed by atoms with Gasteiger partial charge in [-0.25, -0.2) is 0 Å². The zero-order valence-corrected chi connectivity index (χ0v) is 16.0. The third-order valence-electron chi connectivity index (χ3n) is 4.34. The minimum absolute atomic E-state index is 0.162. The molecule has 1 aliphatic heterocycles. The lowest BCUT2D eigenvalue weighted by Crippen LogP contribution is -2.27. The average Bonchev–Trinajstić information content (AvgIpc) is 3.23. The normalized spacial score (nSPS) is 14.1. The van der Waals surface area contributed by atoms with E-state index in [1.54, 1.807) is 60.9 Å². The molecular weight excluding hydrogens is 392 g/mol. The molecule has 3 aromatic rings. The molecule has 1 aliphatic rings. The number of ether oxygens (including phenoxy) is 1. The number of carbonyl (C=O) groups is 2. The molecule has 0 saturated heterocycles. The SMILES string of the molecule is O=C1Nc2cc(C(=O)NCCc3ccco3)ccc2OC1=Cc1ccc(Cl)cc1. The van der Waals surface area contributed by atoms with Gasteiger partial charge in [-0.1, -0.05) is 23.7 Å². The standard InChI is InChI=1S/C22H17ClN2O4/c23-16-6-3-14(4-7-16)12-20-22(27)25-18-13-15(5-8-19(18)29-20)21(26)24-10-9-17-2-1-11-28-17/h1-8,11-13H,9-10H2,(H,24,26)(H,25,27). The Kier molecular flexibility index (Phi) is 5.35. The Bertz CT molecular complexity index is 1070. The summed E-state index contributed by atoms with van der Waals surface area (Å²) < 4.78 is 11.0. The quantitative estimate of drug-likeness (QED) is 0.617. The second-order valence-corrected chi connectivity index (χ2v) is 6.85. The van der Waals surface area contributed by atoms with Crippen LogP contribution in [0.1, 0.15) is 21.7 Å². The van der Waals surface area contributed by atoms with Gasteiger partial charge in [0.05, 0.1) is 12.0 Å². The fourth-order valence-corrected chi connectivity index (χ4v) is 2.99. The molecule has 0 bridgehead atoms. The van der Waals surface area contributed by atoms with Gasteiger partial charge in [-0.15, -0.1) is 0 Å². The van der Waals surface area contributed by atoms with Gasteiger partial charge >= 0.3 is 0 Å². The highest BCUT2D eigenvalue weighted by atomic mass is 35.5. The second-order valence-electron chi connectivity index (χ2n) is 6.41. The maximum absolute atomic E-state index is 12.4. The molecule has 146 valence electrons. The van der Waals surface area contributed by atoms with Gasteiger partial charge in [-0.05, 0) is 54.1 Å². The molecule has 0 saturated carbocycles. The number of amides is 2. The molecule has 0 aliphatic carbocycles. The first kappa shape index (κ1) is 18.8. The summed E-state index contributed by atoms with van der Waals surface area (Å²) in [6.07, 6.45) is 3.82. The predicted octanol–water partition coefficient (Wildman–Crippen LogP) is 4.28. The first-order chi connectivity index (χ1) is 14.1. The van der Waals surface area contributed by atoms with E-state index in [-0.39, 0.29) is 17.6 Å². The van der Waals surface area contributed by atoms with E-state index in [0.717, 1.165) is 11.3 Å². The number of carbonyl (C=O) groups excluding carboxylic acids is 2. The topological polar surface area (TPSA) is 80.6 Å². The highest BCUT2D eigenvalue weighted by Crippen LogP contribution is 2.32. The largest absolute Gasteiger partial charge is 0.469 e. The van der Waals surface area contributed by atoms with Crippen LogP contribution in [0.3, 0.4) is 0 Å². The van der Waals surface area contributed by atoms with Crippen molar-refractivity contribution < 1.29 is 18.7 Å². The Labute approximate surface area is 172 Å². The molecule has 29 heavy (non-hydrogen) atoms. The summed E-state index contributed by atoms with van der Waals surface area (Å²) in [6.45, 7) is 0.445. The molecule has 2 N–H and O–H groups in total. The molecule has 0 atom stereocenters. The van der Waals surface area contributed by atoms with Crippen molar-refractivity contribution in [2.75, 3.05) is 11.9 Å². The Morgan fingerprint density at radius 2 is 1.97 bits per heavy atom. The Morgan fingerprint density at radius 1 is 1.14 bits per heavy atom. The molecule has 2 aromatic carbocycles. The van der Waals surface area contributed by atoms with Gasteiger partial charge in [0.15, 0.2) is 11.5 Å². The minimum atomic E-state index is -0.386. The highest BCUT2D eigenvalue weighted by molar-refractivity contribution is 6.30. The number of furan rings is 1. The van der Waals surface area contributed by atoms with Crippen molar-refractivity contribution in [3.8, 4) is 5.75 Å². The predicted molar refractivity (Wildman–Crippen MR) is 110 cm³/mol. The molecule has 2 heterocycles. The van der Waals surface area contributed by atoms with Crippen LogP contribution in [0.4, 0.5) is 5.69 Å². The Hall–Kier alpha value is -3.51. The zero-order chi connectivity index (χ0) is 20.2. The van der Waals surface area contributed by atoms with E-state index in [1.165, 1.54) is 0 Å².